The second-order valence-corrected chi connectivity index (χ2v) is 4.82. The topological polar surface area (TPSA) is 57.2 Å². The van der Waals surface area contributed by atoms with Crippen molar-refractivity contribution < 1.29 is 24.1 Å². The smallest absolute Gasteiger partial charge is 0.187 e. The summed E-state index contributed by atoms with van der Waals surface area (Å²) in [6.07, 6.45) is -0.363. The van der Waals surface area contributed by atoms with Gasteiger partial charge < -0.3 is 24.1 Å². The fourth-order valence-corrected chi connectivity index (χ4v) is 2.47. The Morgan fingerprint density at radius 2 is 1.94 bits per heavy atom. The van der Waals surface area contributed by atoms with Crippen LogP contribution in [0.4, 0.5) is 0 Å². The van der Waals surface area contributed by atoms with E-state index in [1.807, 2.05) is 20.8 Å². The van der Waals surface area contributed by atoms with Crippen LogP contribution >= 0.6 is 0 Å². The Kier molecular flexibility index (Phi) is 3.01. The second kappa shape index (κ2) is 3.92. The van der Waals surface area contributed by atoms with Crippen molar-refractivity contribution in [3.8, 4) is 0 Å². The third-order valence-electron chi connectivity index (χ3n) is 3.37. The summed E-state index contributed by atoms with van der Waals surface area (Å²) in [5.74, 6) is -0.647. The van der Waals surface area contributed by atoms with Crippen LogP contribution in [0.25, 0.3) is 0 Å². The third kappa shape index (κ3) is 1.67. The summed E-state index contributed by atoms with van der Waals surface area (Å²) in [5.41, 5.74) is -0.709. The van der Waals surface area contributed by atoms with Gasteiger partial charge in [-0.1, -0.05) is 6.92 Å². The van der Waals surface area contributed by atoms with Crippen molar-refractivity contribution in [2.75, 3.05) is 13.7 Å². The highest BCUT2D eigenvalue weighted by Gasteiger charge is 2.62. The van der Waals surface area contributed by atoms with Gasteiger partial charge in [-0.2, -0.15) is 0 Å². The van der Waals surface area contributed by atoms with Crippen molar-refractivity contribution >= 4 is 0 Å². The van der Waals surface area contributed by atoms with Gasteiger partial charge in [-0.25, -0.2) is 0 Å². The predicted molar refractivity (Wildman–Crippen MR) is 55.8 cm³/mol. The third-order valence-corrected chi connectivity index (χ3v) is 3.37. The fourth-order valence-electron chi connectivity index (χ4n) is 2.47. The van der Waals surface area contributed by atoms with E-state index in [0.717, 1.165) is 0 Å². The molecule has 94 valence electrons. The minimum absolute atomic E-state index is 0.0933. The molecule has 0 spiro atoms. The van der Waals surface area contributed by atoms with E-state index in [0.29, 0.717) is 6.42 Å². The first kappa shape index (κ1) is 12.3. The number of fused-ring (bicyclic) bond motifs is 1. The molecule has 0 aromatic rings. The molecule has 2 aliphatic rings. The van der Waals surface area contributed by atoms with Gasteiger partial charge in [0.05, 0.1) is 6.61 Å². The van der Waals surface area contributed by atoms with Crippen LogP contribution in [0.2, 0.25) is 0 Å². The normalized spacial score (nSPS) is 45.9. The number of aliphatic hydroxyl groups excluding tert-OH is 1. The Labute approximate surface area is 95.6 Å². The SMILES string of the molecule is CCC1(CO)OC(OC)C2OC(C)(C)OC21. The second-order valence-electron chi connectivity index (χ2n) is 4.82. The van der Waals surface area contributed by atoms with E-state index in [-0.39, 0.29) is 18.8 Å². The van der Waals surface area contributed by atoms with Crippen LogP contribution < -0.4 is 0 Å². The van der Waals surface area contributed by atoms with Crippen LogP contribution in [0.1, 0.15) is 27.2 Å². The van der Waals surface area contributed by atoms with Gasteiger partial charge in [0.1, 0.15) is 17.8 Å². The molecule has 0 saturated carbocycles. The van der Waals surface area contributed by atoms with Crippen LogP contribution in [0.15, 0.2) is 0 Å². The Morgan fingerprint density at radius 1 is 1.25 bits per heavy atom. The van der Waals surface area contributed by atoms with E-state index in [1.165, 1.54) is 0 Å². The lowest BCUT2D eigenvalue weighted by Crippen LogP contribution is -2.45. The Balaban J connectivity index is 2.26. The standard InChI is InChI=1S/C11H20O5/c1-5-11(6-12)8-7(9(13-4)16-11)14-10(2,3)15-8/h7-9,12H,5-6H2,1-4H3. The average Bonchev–Trinajstić information content (AvgIpc) is 2.70. The van der Waals surface area contributed by atoms with Crippen molar-refractivity contribution in [2.45, 2.75) is 57.1 Å². The molecule has 2 saturated heterocycles. The molecule has 2 aliphatic heterocycles. The molecule has 0 radical (unpaired) electrons. The lowest BCUT2D eigenvalue weighted by atomic mass is 9.93. The molecule has 2 rings (SSSR count). The molecule has 5 heteroatoms. The molecule has 0 aliphatic carbocycles. The summed E-state index contributed by atoms with van der Waals surface area (Å²) in [6.45, 7) is 5.58. The average molecular weight is 232 g/mol. The number of methoxy groups -OCH3 is 1. The summed E-state index contributed by atoms with van der Waals surface area (Å²) < 4.78 is 22.5. The zero-order valence-corrected chi connectivity index (χ0v) is 10.2. The summed E-state index contributed by atoms with van der Waals surface area (Å²) in [7, 11) is 1.57. The van der Waals surface area contributed by atoms with E-state index < -0.39 is 17.7 Å². The van der Waals surface area contributed by atoms with E-state index in [2.05, 4.69) is 0 Å². The minimum atomic E-state index is -0.709. The number of hydrogen-bond donors (Lipinski definition) is 1. The number of hydrogen-bond acceptors (Lipinski definition) is 5. The Hall–Kier alpha value is -0.200. The highest BCUT2D eigenvalue weighted by Crippen LogP contribution is 2.45. The summed E-state index contributed by atoms with van der Waals surface area (Å²) in [4.78, 5) is 0. The van der Waals surface area contributed by atoms with E-state index in [1.54, 1.807) is 7.11 Å². The summed E-state index contributed by atoms with van der Waals surface area (Å²) in [6, 6.07) is 0. The minimum Gasteiger partial charge on any atom is -0.393 e. The summed E-state index contributed by atoms with van der Waals surface area (Å²) >= 11 is 0. The van der Waals surface area contributed by atoms with Crippen molar-refractivity contribution in [3.63, 3.8) is 0 Å². The van der Waals surface area contributed by atoms with Gasteiger partial charge in [0.15, 0.2) is 12.1 Å². The van der Waals surface area contributed by atoms with Gasteiger partial charge in [-0.05, 0) is 20.3 Å². The first-order chi connectivity index (χ1) is 7.48. The van der Waals surface area contributed by atoms with E-state index in [4.69, 9.17) is 18.9 Å². The van der Waals surface area contributed by atoms with E-state index >= 15 is 0 Å². The number of rotatable bonds is 3. The largest absolute Gasteiger partial charge is 0.393 e. The van der Waals surface area contributed by atoms with Crippen molar-refractivity contribution in [3.05, 3.63) is 0 Å². The highest BCUT2D eigenvalue weighted by molar-refractivity contribution is 5.04. The summed E-state index contributed by atoms with van der Waals surface area (Å²) in [5, 5.41) is 9.53. The van der Waals surface area contributed by atoms with Gasteiger partial charge in [-0.15, -0.1) is 0 Å². The van der Waals surface area contributed by atoms with Crippen molar-refractivity contribution in [1.82, 2.24) is 0 Å². The van der Waals surface area contributed by atoms with Crippen LogP contribution in [0.3, 0.4) is 0 Å². The fraction of sp³-hybridized carbons (Fsp3) is 1.00. The maximum Gasteiger partial charge on any atom is 0.187 e. The lowest BCUT2D eigenvalue weighted by Gasteiger charge is -2.31. The highest BCUT2D eigenvalue weighted by atomic mass is 16.8. The molecular weight excluding hydrogens is 212 g/mol. The zero-order valence-electron chi connectivity index (χ0n) is 10.2. The molecule has 16 heavy (non-hydrogen) atoms. The van der Waals surface area contributed by atoms with Crippen LogP contribution in [0.5, 0.6) is 0 Å². The van der Waals surface area contributed by atoms with Gasteiger partial charge >= 0.3 is 0 Å². The monoisotopic (exact) mass is 232 g/mol. The van der Waals surface area contributed by atoms with Gasteiger partial charge in [0.25, 0.3) is 0 Å². The van der Waals surface area contributed by atoms with Crippen molar-refractivity contribution in [2.24, 2.45) is 0 Å². The first-order valence-corrected chi connectivity index (χ1v) is 5.65. The zero-order chi connectivity index (χ0) is 12.0. The molecule has 4 atom stereocenters. The molecule has 2 heterocycles. The van der Waals surface area contributed by atoms with Crippen molar-refractivity contribution in [1.29, 1.82) is 0 Å². The first-order valence-electron chi connectivity index (χ1n) is 5.65. The number of ether oxygens (including phenoxy) is 4. The van der Waals surface area contributed by atoms with Crippen LogP contribution in [0, 0.1) is 0 Å². The molecule has 0 aromatic heterocycles. The maximum atomic E-state index is 9.53. The van der Waals surface area contributed by atoms with E-state index in [9.17, 15) is 5.11 Å². The molecular formula is C11H20O5. The Morgan fingerprint density at radius 3 is 2.44 bits per heavy atom. The molecule has 1 N–H and O–H groups in total. The quantitative estimate of drug-likeness (QED) is 0.774. The molecule has 0 bridgehead atoms. The molecule has 2 fully saturated rings. The van der Waals surface area contributed by atoms with Gasteiger partial charge in [0, 0.05) is 7.11 Å². The molecule has 5 nitrogen and oxygen atoms in total. The van der Waals surface area contributed by atoms with Gasteiger partial charge in [0.2, 0.25) is 0 Å². The van der Waals surface area contributed by atoms with Crippen LogP contribution in [-0.4, -0.2) is 48.7 Å². The molecule has 4 unspecified atom stereocenters. The maximum absolute atomic E-state index is 9.53. The molecule has 0 aromatic carbocycles. The van der Waals surface area contributed by atoms with Gasteiger partial charge in [-0.3, -0.25) is 0 Å². The Bertz CT molecular complexity index is 261. The van der Waals surface area contributed by atoms with Crippen LogP contribution in [-0.2, 0) is 18.9 Å². The number of aliphatic hydroxyl groups is 1. The molecule has 0 amide bonds. The lowest BCUT2D eigenvalue weighted by molar-refractivity contribution is -0.256. The predicted octanol–water partition coefficient (Wildman–Crippen LogP) is 0.650.